The van der Waals surface area contributed by atoms with Crippen LogP contribution in [0.4, 0.5) is 0 Å². The fourth-order valence-corrected chi connectivity index (χ4v) is 3.04. The lowest BCUT2D eigenvalue weighted by molar-refractivity contribution is 0.132. The third kappa shape index (κ3) is 3.37. The van der Waals surface area contributed by atoms with Gasteiger partial charge in [0, 0.05) is 12.0 Å². The molecule has 2 rings (SSSR count). The Labute approximate surface area is 117 Å². The lowest BCUT2D eigenvalue weighted by Gasteiger charge is -2.27. The molecule has 2 heteroatoms. The molecule has 0 saturated carbocycles. The molecule has 0 bridgehead atoms. The molecule has 1 atom stereocenters. The number of aliphatic hydroxyl groups excluding tert-OH is 1. The molecule has 1 aromatic rings. The Hall–Kier alpha value is -0.860. The van der Waals surface area contributed by atoms with Crippen LogP contribution in [-0.4, -0.2) is 36.8 Å². The van der Waals surface area contributed by atoms with E-state index in [-0.39, 0.29) is 10.8 Å². The normalized spacial score (nSPS) is 24.9. The Balaban J connectivity index is 2.11. The van der Waals surface area contributed by atoms with Crippen LogP contribution < -0.4 is 0 Å². The highest BCUT2D eigenvalue weighted by molar-refractivity contribution is 5.28. The summed E-state index contributed by atoms with van der Waals surface area (Å²) in [5.41, 5.74) is 2.99. The molecule has 1 fully saturated rings. The van der Waals surface area contributed by atoms with Crippen molar-refractivity contribution < 1.29 is 5.11 Å². The van der Waals surface area contributed by atoms with Gasteiger partial charge in [-0.2, -0.15) is 0 Å². The molecule has 1 saturated heterocycles. The Morgan fingerprint density at radius 3 is 2.26 bits per heavy atom. The lowest BCUT2D eigenvalue weighted by atomic mass is 9.80. The number of hydrogen-bond acceptors (Lipinski definition) is 2. The number of aliphatic hydroxyl groups is 1. The largest absolute Gasteiger partial charge is 0.396 e. The Kier molecular flexibility index (Phi) is 4.03. The molecule has 0 aliphatic carbocycles. The predicted molar refractivity (Wildman–Crippen MR) is 80.5 cm³/mol. The molecule has 1 N–H and O–H groups in total. The van der Waals surface area contributed by atoms with Crippen molar-refractivity contribution in [3.8, 4) is 0 Å². The number of benzene rings is 1. The fraction of sp³-hybridized carbons (Fsp3) is 0.647. The van der Waals surface area contributed by atoms with Crippen LogP contribution in [0.1, 0.15) is 38.3 Å². The first-order chi connectivity index (χ1) is 8.85. The molecule has 1 aliphatic heterocycles. The van der Waals surface area contributed by atoms with Crippen molar-refractivity contribution in [1.82, 2.24) is 4.90 Å². The zero-order valence-electron chi connectivity index (χ0n) is 12.7. The van der Waals surface area contributed by atoms with E-state index in [0.717, 1.165) is 25.9 Å². The summed E-state index contributed by atoms with van der Waals surface area (Å²) in [5, 5.41) is 9.75. The first-order valence-corrected chi connectivity index (χ1v) is 7.24. The Morgan fingerprint density at radius 2 is 1.84 bits per heavy atom. The third-order valence-corrected chi connectivity index (χ3v) is 4.36. The van der Waals surface area contributed by atoms with Gasteiger partial charge in [0.15, 0.2) is 0 Å². The van der Waals surface area contributed by atoms with Crippen LogP contribution in [0.25, 0.3) is 0 Å². The van der Waals surface area contributed by atoms with Gasteiger partial charge in [-0.1, -0.05) is 45.0 Å². The van der Waals surface area contributed by atoms with Crippen LogP contribution in [0.15, 0.2) is 24.3 Å². The van der Waals surface area contributed by atoms with E-state index in [4.69, 9.17) is 0 Å². The van der Waals surface area contributed by atoms with Gasteiger partial charge >= 0.3 is 0 Å². The minimum atomic E-state index is 0.0675. The molecule has 2 nitrogen and oxygen atoms in total. The quantitative estimate of drug-likeness (QED) is 0.904. The van der Waals surface area contributed by atoms with Crippen molar-refractivity contribution in [2.24, 2.45) is 5.41 Å². The van der Waals surface area contributed by atoms with Crippen molar-refractivity contribution in [3.63, 3.8) is 0 Å². The van der Waals surface area contributed by atoms with Crippen LogP contribution >= 0.6 is 0 Å². The van der Waals surface area contributed by atoms with E-state index in [9.17, 15) is 5.11 Å². The average Bonchev–Trinajstić information content (AvgIpc) is 2.71. The number of hydrogen-bond donors (Lipinski definition) is 1. The molecule has 1 aromatic carbocycles. The van der Waals surface area contributed by atoms with Gasteiger partial charge in [-0.25, -0.2) is 0 Å². The number of nitrogens with zero attached hydrogens (tertiary/aromatic N) is 1. The second-order valence-electron chi connectivity index (χ2n) is 7.27. The number of likely N-dealkylation sites (tertiary alicyclic amines) is 1. The van der Waals surface area contributed by atoms with Gasteiger partial charge in [-0.05, 0) is 43.0 Å². The van der Waals surface area contributed by atoms with Crippen LogP contribution in [-0.2, 0) is 11.8 Å². The summed E-state index contributed by atoms with van der Waals surface area (Å²) in [7, 11) is 2.14. The zero-order chi connectivity index (χ0) is 14.1. The van der Waals surface area contributed by atoms with E-state index < -0.39 is 0 Å². The smallest absolute Gasteiger partial charge is 0.0503 e. The standard InChI is InChI=1S/C17H27NO/c1-16(2,3)15-7-5-14(6-8-15)11-17(13-19)9-10-18(4)12-17/h5-8,19H,9-13H2,1-4H3. The molecule has 0 amide bonds. The molecule has 1 aliphatic rings. The van der Waals surface area contributed by atoms with Crippen LogP contribution in [0.2, 0.25) is 0 Å². The van der Waals surface area contributed by atoms with Gasteiger partial charge in [-0.3, -0.25) is 0 Å². The van der Waals surface area contributed by atoms with Crippen LogP contribution in [0.3, 0.4) is 0 Å². The second-order valence-corrected chi connectivity index (χ2v) is 7.27. The molecular formula is C17H27NO. The predicted octanol–water partition coefficient (Wildman–Crippen LogP) is 2.84. The summed E-state index contributed by atoms with van der Waals surface area (Å²) in [6.45, 7) is 9.11. The van der Waals surface area contributed by atoms with Gasteiger partial charge in [0.2, 0.25) is 0 Å². The Morgan fingerprint density at radius 1 is 1.21 bits per heavy atom. The van der Waals surface area contributed by atoms with Crippen molar-refractivity contribution in [2.45, 2.75) is 39.0 Å². The van der Waals surface area contributed by atoms with Crippen molar-refractivity contribution >= 4 is 0 Å². The molecule has 1 heterocycles. The summed E-state index contributed by atoms with van der Waals surface area (Å²) in [6, 6.07) is 8.94. The molecule has 0 radical (unpaired) electrons. The minimum Gasteiger partial charge on any atom is -0.396 e. The van der Waals surface area contributed by atoms with E-state index in [1.54, 1.807) is 0 Å². The SMILES string of the molecule is CN1CCC(CO)(Cc2ccc(C(C)(C)C)cc2)C1. The number of rotatable bonds is 3. The van der Waals surface area contributed by atoms with Crippen molar-refractivity contribution in [3.05, 3.63) is 35.4 Å². The lowest BCUT2D eigenvalue weighted by Crippen LogP contribution is -2.31. The molecule has 19 heavy (non-hydrogen) atoms. The summed E-state index contributed by atoms with van der Waals surface area (Å²) in [4.78, 5) is 2.32. The maximum absolute atomic E-state index is 9.75. The Bertz CT molecular complexity index is 418. The maximum Gasteiger partial charge on any atom is 0.0503 e. The molecule has 0 aromatic heterocycles. The van der Waals surface area contributed by atoms with Gasteiger partial charge in [0.05, 0.1) is 6.61 Å². The van der Waals surface area contributed by atoms with E-state index in [2.05, 4.69) is 57.0 Å². The third-order valence-electron chi connectivity index (χ3n) is 4.36. The highest BCUT2D eigenvalue weighted by Crippen LogP contribution is 2.33. The van der Waals surface area contributed by atoms with Gasteiger partial charge in [-0.15, -0.1) is 0 Å². The minimum absolute atomic E-state index is 0.0675. The van der Waals surface area contributed by atoms with E-state index in [1.165, 1.54) is 11.1 Å². The van der Waals surface area contributed by atoms with Crippen LogP contribution in [0.5, 0.6) is 0 Å². The van der Waals surface area contributed by atoms with Gasteiger partial charge in [0.25, 0.3) is 0 Å². The zero-order valence-corrected chi connectivity index (χ0v) is 12.7. The molecule has 0 spiro atoms. The highest BCUT2D eigenvalue weighted by atomic mass is 16.3. The molecule has 1 unspecified atom stereocenters. The summed E-state index contributed by atoms with van der Waals surface area (Å²) >= 11 is 0. The summed E-state index contributed by atoms with van der Waals surface area (Å²) in [5.74, 6) is 0. The highest BCUT2D eigenvalue weighted by Gasteiger charge is 2.36. The van der Waals surface area contributed by atoms with E-state index in [1.807, 2.05) is 0 Å². The van der Waals surface area contributed by atoms with Crippen molar-refractivity contribution in [1.29, 1.82) is 0 Å². The first kappa shape index (κ1) is 14.5. The topological polar surface area (TPSA) is 23.5 Å². The first-order valence-electron chi connectivity index (χ1n) is 7.24. The van der Waals surface area contributed by atoms with Crippen LogP contribution in [0, 0.1) is 5.41 Å². The van der Waals surface area contributed by atoms with Crippen molar-refractivity contribution in [2.75, 3.05) is 26.7 Å². The maximum atomic E-state index is 9.75. The van der Waals surface area contributed by atoms with E-state index >= 15 is 0 Å². The fourth-order valence-electron chi connectivity index (χ4n) is 3.04. The second kappa shape index (κ2) is 5.26. The summed E-state index contributed by atoms with van der Waals surface area (Å²) in [6.07, 6.45) is 2.08. The van der Waals surface area contributed by atoms with E-state index in [0.29, 0.717) is 6.61 Å². The average molecular weight is 261 g/mol. The van der Waals surface area contributed by atoms with Gasteiger partial charge < -0.3 is 10.0 Å². The monoisotopic (exact) mass is 261 g/mol. The van der Waals surface area contributed by atoms with Gasteiger partial charge in [0.1, 0.15) is 0 Å². The molecule has 106 valence electrons. The summed E-state index contributed by atoms with van der Waals surface area (Å²) < 4.78 is 0. The molecular weight excluding hydrogens is 234 g/mol.